The standard InChI is InChI=1S/C37H46N4O5/c1-36(2,3)45-34(42)38-15-9-8-14-31(32-40-33(41-46-32)37-19-23-16-24(20-37)18-25(17-23)21-37)39-35(43)44-22-30-28-12-6-4-10-26(28)27-11-5-7-13-29(27)30/h4-7,10-13,23-25,30-31H,8-9,14-22H2,1-3H3,(H,38,42)(H,39,43)/t23?,24?,25?,31-,37?/m0/s1. The smallest absolute Gasteiger partial charge is 0.407 e. The number of carbonyl (C=O) groups excluding carboxylic acids is 2. The van der Waals surface area contributed by atoms with Gasteiger partial charge in [-0.2, -0.15) is 4.98 Å². The SMILES string of the molecule is CC(C)(C)OC(=O)NCCCC[C@H](NC(=O)OCC1c2ccccc2-c2ccccc21)c1nc(C23CC4CC(CC(C4)C2)C3)no1. The first kappa shape index (κ1) is 30.8. The first-order chi connectivity index (χ1) is 22.2. The van der Waals surface area contributed by atoms with Gasteiger partial charge in [-0.1, -0.05) is 53.7 Å². The van der Waals surface area contributed by atoms with Gasteiger partial charge in [0.15, 0.2) is 5.82 Å². The van der Waals surface area contributed by atoms with Crippen LogP contribution in [0.4, 0.5) is 9.59 Å². The van der Waals surface area contributed by atoms with Gasteiger partial charge < -0.3 is 24.6 Å². The molecule has 9 nitrogen and oxygen atoms in total. The summed E-state index contributed by atoms with van der Waals surface area (Å²) in [7, 11) is 0. The number of nitrogens with zero attached hydrogens (tertiary/aromatic N) is 2. The molecule has 1 heterocycles. The van der Waals surface area contributed by atoms with Crippen LogP contribution in [0, 0.1) is 17.8 Å². The van der Waals surface area contributed by atoms with Crippen LogP contribution in [-0.4, -0.2) is 41.1 Å². The van der Waals surface area contributed by atoms with E-state index in [1.54, 1.807) is 0 Å². The molecule has 8 rings (SSSR count). The molecule has 244 valence electrons. The van der Waals surface area contributed by atoms with Crippen molar-refractivity contribution in [2.45, 2.75) is 102 Å². The maximum atomic E-state index is 13.4. The molecule has 1 aromatic heterocycles. The second kappa shape index (κ2) is 12.4. The fourth-order valence-electron chi connectivity index (χ4n) is 8.99. The molecule has 1 atom stereocenters. The van der Waals surface area contributed by atoms with Crippen molar-refractivity contribution < 1.29 is 23.6 Å². The van der Waals surface area contributed by atoms with Crippen LogP contribution < -0.4 is 10.6 Å². The summed E-state index contributed by atoms with van der Waals surface area (Å²) in [5.74, 6) is 3.51. The normalized spacial score (nSPS) is 25.1. The van der Waals surface area contributed by atoms with Crippen LogP contribution in [0.3, 0.4) is 0 Å². The second-order valence-electron chi connectivity index (χ2n) is 15.1. The average molecular weight is 627 g/mol. The Labute approximate surface area is 271 Å². The van der Waals surface area contributed by atoms with E-state index in [9.17, 15) is 9.59 Å². The third kappa shape index (κ3) is 6.38. The van der Waals surface area contributed by atoms with Gasteiger partial charge in [-0.15, -0.1) is 0 Å². The van der Waals surface area contributed by atoms with Gasteiger partial charge >= 0.3 is 12.2 Å². The fraction of sp³-hybridized carbons (Fsp3) is 0.568. The zero-order valence-electron chi connectivity index (χ0n) is 27.2. The number of hydrogen-bond donors (Lipinski definition) is 2. The van der Waals surface area contributed by atoms with Crippen LogP contribution in [0.5, 0.6) is 0 Å². The third-order valence-electron chi connectivity index (χ3n) is 10.5. The molecule has 2 N–H and O–H groups in total. The number of benzene rings is 2. The lowest BCUT2D eigenvalue weighted by atomic mass is 9.49. The number of rotatable bonds is 10. The highest BCUT2D eigenvalue weighted by Gasteiger charge is 2.54. The van der Waals surface area contributed by atoms with Gasteiger partial charge in [0.1, 0.15) is 18.2 Å². The van der Waals surface area contributed by atoms with Crippen molar-refractivity contribution >= 4 is 12.2 Å². The Kier molecular flexibility index (Phi) is 8.28. The van der Waals surface area contributed by atoms with Crippen LogP contribution in [0.25, 0.3) is 11.1 Å². The molecule has 0 aliphatic heterocycles. The van der Waals surface area contributed by atoms with Crippen LogP contribution >= 0.6 is 0 Å². The van der Waals surface area contributed by atoms with Crippen molar-refractivity contribution in [3.05, 3.63) is 71.4 Å². The molecule has 4 saturated carbocycles. The van der Waals surface area contributed by atoms with Gasteiger partial charge in [-0.25, -0.2) is 9.59 Å². The summed E-state index contributed by atoms with van der Waals surface area (Å²) in [6.45, 7) is 6.22. The molecule has 0 saturated heterocycles. The van der Waals surface area contributed by atoms with Gasteiger partial charge in [0.2, 0.25) is 5.89 Å². The molecule has 0 unspecified atom stereocenters. The first-order valence-electron chi connectivity index (χ1n) is 17.1. The molecule has 5 aliphatic carbocycles. The van der Waals surface area contributed by atoms with Crippen molar-refractivity contribution in [3.63, 3.8) is 0 Å². The molecular weight excluding hydrogens is 580 g/mol. The highest BCUT2D eigenvalue weighted by Crippen LogP contribution is 2.60. The summed E-state index contributed by atoms with van der Waals surface area (Å²) < 4.78 is 17.2. The van der Waals surface area contributed by atoms with E-state index in [2.05, 4.69) is 40.1 Å². The number of ether oxygens (including phenoxy) is 2. The zero-order chi connectivity index (χ0) is 31.9. The highest BCUT2D eigenvalue weighted by molar-refractivity contribution is 5.79. The van der Waals surface area contributed by atoms with Gasteiger partial charge in [0, 0.05) is 17.9 Å². The molecule has 4 bridgehead atoms. The van der Waals surface area contributed by atoms with E-state index in [1.165, 1.54) is 41.5 Å². The second-order valence-corrected chi connectivity index (χ2v) is 15.1. The number of alkyl carbamates (subject to hydrolysis) is 2. The molecule has 3 aromatic rings. The molecule has 9 heteroatoms. The number of hydrogen-bond acceptors (Lipinski definition) is 7. The molecule has 4 fully saturated rings. The van der Waals surface area contributed by atoms with E-state index >= 15 is 0 Å². The largest absolute Gasteiger partial charge is 0.449 e. The third-order valence-corrected chi connectivity index (χ3v) is 10.5. The van der Waals surface area contributed by atoms with E-state index in [4.69, 9.17) is 19.0 Å². The number of fused-ring (bicyclic) bond motifs is 3. The van der Waals surface area contributed by atoms with Crippen LogP contribution in [0.2, 0.25) is 0 Å². The van der Waals surface area contributed by atoms with Crippen LogP contribution in [-0.2, 0) is 14.9 Å². The number of nitrogens with one attached hydrogen (secondary N) is 2. The molecule has 2 aromatic carbocycles. The summed E-state index contributed by atoms with van der Waals surface area (Å²) in [6, 6.07) is 16.1. The molecule has 46 heavy (non-hydrogen) atoms. The Morgan fingerprint density at radius 1 is 0.913 bits per heavy atom. The van der Waals surface area contributed by atoms with Gasteiger partial charge in [-0.05, 0) is 119 Å². The predicted octanol–water partition coefficient (Wildman–Crippen LogP) is 7.81. The van der Waals surface area contributed by atoms with E-state index in [-0.39, 0.29) is 17.9 Å². The van der Waals surface area contributed by atoms with Crippen molar-refractivity contribution in [1.82, 2.24) is 20.8 Å². The lowest BCUT2D eigenvalue weighted by Gasteiger charge is -2.55. The zero-order valence-corrected chi connectivity index (χ0v) is 27.2. The molecule has 2 amide bonds. The van der Waals surface area contributed by atoms with Crippen molar-refractivity contribution in [2.24, 2.45) is 17.8 Å². The first-order valence-corrected chi connectivity index (χ1v) is 17.1. The minimum absolute atomic E-state index is 0.00213. The number of carbonyl (C=O) groups is 2. The summed E-state index contributed by atoms with van der Waals surface area (Å²) in [5, 5.41) is 10.4. The van der Waals surface area contributed by atoms with Crippen molar-refractivity contribution in [3.8, 4) is 11.1 Å². The maximum Gasteiger partial charge on any atom is 0.407 e. The van der Waals surface area contributed by atoms with Gasteiger partial charge in [0.05, 0.1) is 0 Å². The van der Waals surface area contributed by atoms with E-state index < -0.39 is 23.8 Å². The monoisotopic (exact) mass is 626 g/mol. The number of amides is 2. The molecular formula is C37H46N4O5. The van der Waals surface area contributed by atoms with E-state index in [1.807, 2.05) is 45.0 Å². The highest BCUT2D eigenvalue weighted by atomic mass is 16.6. The minimum atomic E-state index is -0.547. The van der Waals surface area contributed by atoms with Crippen molar-refractivity contribution in [2.75, 3.05) is 13.2 Å². The van der Waals surface area contributed by atoms with E-state index in [0.29, 0.717) is 25.3 Å². The fourth-order valence-corrected chi connectivity index (χ4v) is 8.99. The molecule has 5 aliphatic rings. The average Bonchev–Trinajstić information content (AvgIpc) is 3.62. The Morgan fingerprint density at radius 3 is 2.13 bits per heavy atom. The quantitative estimate of drug-likeness (QED) is 0.221. The Balaban J connectivity index is 1.02. The predicted molar refractivity (Wildman–Crippen MR) is 173 cm³/mol. The molecule has 0 spiro atoms. The summed E-state index contributed by atoms with van der Waals surface area (Å²) in [5.41, 5.74) is 4.17. The summed E-state index contributed by atoms with van der Waals surface area (Å²) >= 11 is 0. The van der Waals surface area contributed by atoms with E-state index in [0.717, 1.165) is 49.3 Å². The van der Waals surface area contributed by atoms with Crippen molar-refractivity contribution in [1.29, 1.82) is 0 Å². The Morgan fingerprint density at radius 2 is 1.52 bits per heavy atom. The van der Waals surface area contributed by atoms with Crippen LogP contribution in [0.1, 0.15) is 113 Å². The maximum absolute atomic E-state index is 13.4. The lowest BCUT2D eigenvalue weighted by Crippen LogP contribution is -2.49. The lowest BCUT2D eigenvalue weighted by molar-refractivity contribution is -0.0103. The summed E-state index contributed by atoms with van der Waals surface area (Å²) in [4.78, 5) is 30.4. The Bertz CT molecular complexity index is 1490. The van der Waals surface area contributed by atoms with Gasteiger partial charge in [0.25, 0.3) is 0 Å². The minimum Gasteiger partial charge on any atom is -0.449 e. The summed E-state index contributed by atoms with van der Waals surface area (Å²) in [6.07, 6.45) is 8.50. The van der Waals surface area contributed by atoms with Gasteiger partial charge in [-0.3, -0.25) is 0 Å². The van der Waals surface area contributed by atoms with Crippen LogP contribution in [0.15, 0.2) is 53.1 Å². The number of aromatic nitrogens is 2. The molecule has 0 radical (unpaired) electrons. The number of unbranched alkanes of at least 4 members (excludes halogenated alkanes) is 1. The topological polar surface area (TPSA) is 116 Å². The Hall–Kier alpha value is -3.88.